The SMILES string of the molecule is O=C1CC(OC(F)(F)F)C1. The third-order valence-electron chi connectivity index (χ3n) is 1.21. The van der Waals surface area contributed by atoms with Gasteiger partial charge < -0.3 is 0 Å². The second-order valence-corrected chi connectivity index (χ2v) is 2.13. The fourth-order valence-corrected chi connectivity index (χ4v) is 0.720. The van der Waals surface area contributed by atoms with Crippen LogP contribution < -0.4 is 0 Å². The molecular formula is C5H5F3O2. The molecule has 10 heavy (non-hydrogen) atoms. The number of hydrogen-bond donors (Lipinski definition) is 0. The molecule has 58 valence electrons. The minimum absolute atomic E-state index is 0.0977. The number of carbonyl (C=O) groups excluding carboxylic acids is 1. The Morgan fingerprint density at radius 1 is 1.40 bits per heavy atom. The van der Waals surface area contributed by atoms with Crippen molar-refractivity contribution in [1.82, 2.24) is 0 Å². The van der Waals surface area contributed by atoms with Gasteiger partial charge in [-0.3, -0.25) is 9.53 Å². The highest BCUT2D eigenvalue weighted by Gasteiger charge is 2.39. The molecule has 0 aromatic carbocycles. The van der Waals surface area contributed by atoms with Crippen molar-refractivity contribution in [2.75, 3.05) is 0 Å². The largest absolute Gasteiger partial charge is 0.522 e. The standard InChI is InChI=1S/C5H5F3O2/c6-5(7,8)10-4-1-3(9)2-4/h4H,1-2H2. The molecule has 1 saturated carbocycles. The normalized spacial score (nSPS) is 20.9. The van der Waals surface area contributed by atoms with Crippen molar-refractivity contribution in [3.8, 4) is 0 Å². The molecule has 0 bridgehead atoms. The van der Waals surface area contributed by atoms with E-state index in [1.165, 1.54) is 0 Å². The number of Topliss-reactive ketones (excluding diaryl/α,β-unsaturated/α-hetero) is 1. The van der Waals surface area contributed by atoms with E-state index in [0.717, 1.165) is 0 Å². The molecule has 0 atom stereocenters. The Balaban J connectivity index is 2.22. The van der Waals surface area contributed by atoms with Crippen LogP contribution in [0.3, 0.4) is 0 Å². The van der Waals surface area contributed by atoms with Gasteiger partial charge in [0.2, 0.25) is 0 Å². The Kier molecular flexibility index (Phi) is 1.68. The van der Waals surface area contributed by atoms with Gasteiger partial charge in [-0.25, -0.2) is 0 Å². The van der Waals surface area contributed by atoms with Crippen LogP contribution in [0.4, 0.5) is 13.2 Å². The molecule has 1 aliphatic rings. The first kappa shape index (κ1) is 7.53. The van der Waals surface area contributed by atoms with Crippen molar-refractivity contribution >= 4 is 5.78 Å². The second-order valence-electron chi connectivity index (χ2n) is 2.13. The molecule has 0 aromatic heterocycles. The van der Waals surface area contributed by atoms with E-state index < -0.39 is 12.5 Å². The first-order valence-corrected chi connectivity index (χ1v) is 2.73. The fraction of sp³-hybridized carbons (Fsp3) is 0.800. The van der Waals surface area contributed by atoms with Crippen LogP contribution in [0.1, 0.15) is 12.8 Å². The Labute approximate surface area is 55.0 Å². The molecule has 0 N–H and O–H groups in total. The van der Waals surface area contributed by atoms with E-state index in [4.69, 9.17) is 0 Å². The average molecular weight is 154 g/mol. The summed E-state index contributed by atoms with van der Waals surface area (Å²) in [6.07, 6.45) is -5.71. The molecule has 0 unspecified atom stereocenters. The summed E-state index contributed by atoms with van der Waals surface area (Å²) in [5.74, 6) is -0.172. The lowest BCUT2D eigenvalue weighted by Crippen LogP contribution is -2.35. The minimum atomic E-state index is -4.59. The second kappa shape index (κ2) is 2.23. The van der Waals surface area contributed by atoms with Crippen LogP contribution >= 0.6 is 0 Å². The van der Waals surface area contributed by atoms with E-state index in [9.17, 15) is 18.0 Å². The zero-order valence-electron chi connectivity index (χ0n) is 4.94. The van der Waals surface area contributed by atoms with Gasteiger partial charge in [0.15, 0.2) is 0 Å². The van der Waals surface area contributed by atoms with Crippen LogP contribution in [-0.4, -0.2) is 18.2 Å². The molecule has 0 spiro atoms. The van der Waals surface area contributed by atoms with Crippen LogP contribution in [0.2, 0.25) is 0 Å². The zero-order valence-corrected chi connectivity index (χ0v) is 4.94. The summed E-state index contributed by atoms with van der Waals surface area (Å²) in [6, 6.07) is 0. The number of ketones is 1. The summed E-state index contributed by atoms with van der Waals surface area (Å²) in [4.78, 5) is 10.1. The van der Waals surface area contributed by atoms with E-state index in [-0.39, 0.29) is 18.6 Å². The maximum absolute atomic E-state index is 11.3. The first-order chi connectivity index (χ1) is 4.47. The third kappa shape index (κ3) is 1.98. The van der Waals surface area contributed by atoms with E-state index in [2.05, 4.69) is 4.74 Å². The van der Waals surface area contributed by atoms with Gasteiger partial charge in [-0.2, -0.15) is 0 Å². The van der Waals surface area contributed by atoms with Gasteiger partial charge in [0.05, 0.1) is 6.10 Å². The molecule has 1 aliphatic carbocycles. The van der Waals surface area contributed by atoms with Gasteiger partial charge >= 0.3 is 6.36 Å². The van der Waals surface area contributed by atoms with Crippen LogP contribution in [0.5, 0.6) is 0 Å². The number of carbonyl (C=O) groups is 1. The smallest absolute Gasteiger partial charge is 0.300 e. The fourth-order valence-electron chi connectivity index (χ4n) is 0.720. The zero-order chi connectivity index (χ0) is 7.78. The molecule has 1 fully saturated rings. The lowest BCUT2D eigenvalue weighted by molar-refractivity contribution is -0.345. The van der Waals surface area contributed by atoms with E-state index in [1.807, 2.05) is 0 Å². The highest BCUT2D eigenvalue weighted by Crippen LogP contribution is 2.27. The van der Waals surface area contributed by atoms with Crippen LogP contribution in [0, 0.1) is 0 Å². The summed E-state index contributed by atoms with van der Waals surface area (Å²) in [5, 5.41) is 0. The van der Waals surface area contributed by atoms with Crippen LogP contribution in [0.15, 0.2) is 0 Å². The predicted octanol–water partition coefficient (Wildman–Crippen LogP) is 1.25. The summed E-state index contributed by atoms with van der Waals surface area (Å²) in [6.45, 7) is 0. The van der Waals surface area contributed by atoms with Crippen molar-refractivity contribution in [1.29, 1.82) is 0 Å². The molecule has 2 nitrogen and oxygen atoms in total. The summed E-state index contributed by atoms with van der Waals surface area (Å²) in [7, 11) is 0. The van der Waals surface area contributed by atoms with Gasteiger partial charge in [0.25, 0.3) is 0 Å². The summed E-state index contributed by atoms with van der Waals surface area (Å²) in [5.41, 5.74) is 0. The van der Waals surface area contributed by atoms with E-state index >= 15 is 0 Å². The number of hydrogen-bond acceptors (Lipinski definition) is 2. The number of halogens is 3. The Morgan fingerprint density at radius 3 is 2.20 bits per heavy atom. The van der Waals surface area contributed by atoms with Gasteiger partial charge in [-0.1, -0.05) is 0 Å². The lowest BCUT2D eigenvalue weighted by Gasteiger charge is -2.24. The molecule has 5 heteroatoms. The Morgan fingerprint density at radius 2 is 1.90 bits per heavy atom. The van der Waals surface area contributed by atoms with Gasteiger partial charge in [0.1, 0.15) is 5.78 Å². The van der Waals surface area contributed by atoms with Gasteiger partial charge in [-0.05, 0) is 0 Å². The van der Waals surface area contributed by atoms with E-state index in [1.54, 1.807) is 0 Å². The van der Waals surface area contributed by atoms with Crippen molar-refractivity contribution in [2.45, 2.75) is 25.3 Å². The monoisotopic (exact) mass is 154 g/mol. The highest BCUT2D eigenvalue weighted by molar-refractivity contribution is 5.85. The van der Waals surface area contributed by atoms with Crippen molar-refractivity contribution in [3.63, 3.8) is 0 Å². The highest BCUT2D eigenvalue weighted by atomic mass is 19.4. The quantitative estimate of drug-likeness (QED) is 0.568. The molecule has 0 heterocycles. The Hall–Kier alpha value is -0.580. The molecule has 0 amide bonds. The Bertz CT molecular complexity index is 143. The minimum Gasteiger partial charge on any atom is -0.300 e. The number of ether oxygens (including phenoxy) is 1. The first-order valence-electron chi connectivity index (χ1n) is 2.73. The maximum Gasteiger partial charge on any atom is 0.522 e. The molecular weight excluding hydrogens is 149 g/mol. The third-order valence-corrected chi connectivity index (χ3v) is 1.21. The summed E-state index contributed by atoms with van der Waals surface area (Å²) >= 11 is 0. The van der Waals surface area contributed by atoms with E-state index in [0.29, 0.717) is 0 Å². The predicted molar refractivity (Wildman–Crippen MR) is 25.2 cm³/mol. The van der Waals surface area contributed by atoms with Crippen LogP contribution in [0.25, 0.3) is 0 Å². The molecule has 0 radical (unpaired) electrons. The average Bonchev–Trinajstić information content (AvgIpc) is 1.57. The molecule has 0 aromatic rings. The van der Waals surface area contributed by atoms with Crippen molar-refractivity contribution in [3.05, 3.63) is 0 Å². The lowest BCUT2D eigenvalue weighted by atomic mass is 9.94. The molecule has 0 saturated heterocycles. The molecule has 0 aliphatic heterocycles. The van der Waals surface area contributed by atoms with Gasteiger partial charge in [-0.15, -0.1) is 13.2 Å². The van der Waals surface area contributed by atoms with Crippen molar-refractivity contribution < 1.29 is 22.7 Å². The summed E-state index contributed by atoms with van der Waals surface area (Å²) < 4.78 is 37.5. The van der Waals surface area contributed by atoms with Crippen molar-refractivity contribution in [2.24, 2.45) is 0 Å². The number of alkyl halides is 3. The van der Waals surface area contributed by atoms with Crippen LogP contribution in [-0.2, 0) is 9.53 Å². The number of rotatable bonds is 1. The van der Waals surface area contributed by atoms with Gasteiger partial charge in [0, 0.05) is 12.8 Å². The topological polar surface area (TPSA) is 26.3 Å². The maximum atomic E-state index is 11.3. The molecule has 1 rings (SSSR count).